The lowest BCUT2D eigenvalue weighted by Gasteiger charge is -2.32. The van der Waals surface area contributed by atoms with Crippen molar-refractivity contribution in [2.75, 3.05) is 23.7 Å². The van der Waals surface area contributed by atoms with Crippen LogP contribution in [0.4, 0.5) is 30.5 Å². The average Bonchev–Trinajstić information content (AvgIpc) is 2.79. The summed E-state index contributed by atoms with van der Waals surface area (Å²) in [6, 6.07) is 9.01. The van der Waals surface area contributed by atoms with Crippen LogP contribution in [0.5, 0.6) is 0 Å². The largest absolute Gasteiger partial charge is 0.433 e. The Kier molecular flexibility index (Phi) is 6.82. The summed E-state index contributed by atoms with van der Waals surface area (Å²) in [4.78, 5) is 29.9. The molecule has 0 aromatic carbocycles. The van der Waals surface area contributed by atoms with E-state index in [1.165, 1.54) is 6.07 Å². The maximum absolute atomic E-state index is 13.1. The molecule has 12 heteroatoms. The highest BCUT2D eigenvalue weighted by Crippen LogP contribution is 2.30. The number of likely N-dealkylation sites (tertiary alicyclic amines) is 1. The second-order valence-electron chi connectivity index (χ2n) is 7.78. The van der Waals surface area contributed by atoms with E-state index in [-0.39, 0.29) is 34.4 Å². The molecule has 1 amide bonds. The quantitative estimate of drug-likeness (QED) is 0.496. The van der Waals surface area contributed by atoms with Gasteiger partial charge in [0.05, 0.1) is 0 Å². The van der Waals surface area contributed by atoms with Crippen LogP contribution in [0.1, 0.15) is 25.5 Å². The summed E-state index contributed by atoms with van der Waals surface area (Å²) in [6.45, 7) is 2.80. The molecule has 4 heterocycles. The maximum Gasteiger partial charge on any atom is 0.433 e. The zero-order chi connectivity index (χ0) is 24.3. The lowest BCUT2D eigenvalue weighted by molar-refractivity contribution is -0.141. The summed E-state index contributed by atoms with van der Waals surface area (Å²) in [5.74, 6) is 1.04. The molecule has 1 aliphatic rings. The molecule has 1 saturated heterocycles. The third-order valence-corrected chi connectivity index (χ3v) is 5.50. The standard InChI is InChI=1S/C22H21ClF3N7O/c1-13(34)33-9-6-14(7-10-33)28-19-12-20(29-15-5-8-27-17(11-15)22(24,25)26)32-21(31-19)16-3-2-4-18(23)30-16/h2-5,8,11-12,14H,6-7,9-10H2,1H3,(H2,27,28,29,31,32). The molecule has 8 nitrogen and oxygen atoms in total. The van der Waals surface area contributed by atoms with Gasteiger partial charge in [0.15, 0.2) is 5.82 Å². The van der Waals surface area contributed by atoms with Crippen molar-refractivity contribution in [3.8, 4) is 11.5 Å². The van der Waals surface area contributed by atoms with Gasteiger partial charge in [-0.1, -0.05) is 17.7 Å². The highest BCUT2D eigenvalue weighted by molar-refractivity contribution is 6.29. The van der Waals surface area contributed by atoms with Gasteiger partial charge in [0.25, 0.3) is 0 Å². The number of hydrogen-bond donors (Lipinski definition) is 2. The van der Waals surface area contributed by atoms with E-state index in [9.17, 15) is 18.0 Å². The smallest absolute Gasteiger partial charge is 0.367 e. The first kappa shape index (κ1) is 23.7. The van der Waals surface area contributed by atoms with Crippen molar-refractivity contribution in [3.05, 3.63) is 53.4 Å². The van der Waals surface area contributed by atoms with Gasteiger partial charge in [0.2, 0.25) is 5.91 Å². The van der Waals surface area contributed by atoms with Gasteiger partial charge in [-0.25, -0.2) is 15.0 Å². The summed E-state index contributed by atoms with van der Waals surface area (Å²) in [7, 11) is 0. The molecule has 0 atom stereocenters. The van der Waals surface area contributed by atoms with Crippen molar-refractivity contribution in [2.45, 2.75) is 32.0 Å². The molecule has 0 aliphatic carbocycles. The molecule has 1 aliphatic heterocycles. The predicted molar refractivity (Wildman–Crippen MR) is 122 cm³/mol. The molecule has 0 bridgehead atoms. The van der Waals surface area contributed by atoms with E-state index in [1.807, 2.05) is 0 Å². The van der Waals surface area contributed by atoms with Crippen LogP contribution in [-0.2, 0) is 11.0 Å². The number of piperidine rings is 1. The molecule has 0 radical (unpaired) electrons. The van der Waals surface area contributed by atoms with Crippen molar-refractivity contribution >= 4 is 34.8 Å². The first-order valence-corrected chi connectivity index (χ1v) is 10.9. The van der Waals surface area contributed by atoms with Gasteiger partial charge in [-0.3, -0.25) is 9.78 Å². The molecular weight excluding hydrogens is 471 g/mol. The van der Waals surface area contributed by atoms with Crippen LogP contribution in [0.3, 0.4) is 0 Å². The minimum Gasteiger partial charge on any atom is -0.367 e. The minimum atomic E-state index is -4.57. The second-order valence-corrected chi connectivity index (χ2v) is 8.17. The number of nitrogens with one attached hydrogen (secondary N) is 2. The van der Waals surface area contributed by atoms with Crippen molar-refractivity contribution < 1.29 is 18.0 Å². The Bertz CT molecular complexity index is 1180. The molecule has 3 aromatic rings. The number of anilines is 3. The zero-order valence-electron chi connectivity index (χ0n) is 18.1. The highest BCUT2D eigenvalue weighted by atomic mass is 35.5. The summed E-state index contributed by atoms with van der Waals surface area (Å²) < 4.78 is 39.2. The molecule has 178 valence electrons. The maximum atomic E-state index is 13.1. The average molecular weight is 492 g/mol. The van der Waals surface area contributed by atoms with Gasteiger partial charge >= 0.3 is 6.18 Å². The van der Waals surface area contributed by atoms with Crippen molar-refractivity contribution in [3.63, 3.8) is 0 Å². The van der Waals surface area contributed by atoms with Crippen LogP contribution in [0.25, 0.3) is 11.5 Å². The van der Waals surface area contributed by atoms with E-state index in [0.717, 1.165) is 25.1 Å². The van der Waals surface area contributed by atoms with Gasteiger partial charge < -0.3 is 15.5 Å². The SMILES string of the molecule is CC(=O)N1CCC(Nc2cc(Nc3ccnc(C(F)(F)F)c3)nc(-c3cccc(Cl)n3)n2)CC1. The van der Waals surface area contributed by atoms with E-state index in [1.54, 1.807) is 36.1 Å². The van der Waals surface area contributed by atoms with Crippen molar-refractivity contribution in [2.24, 2.45) is 0 Å². The third kappa shape index (κ3) is 5.90. The number of amides is 1. The summed E-state index contributed by atoms with van der Waals surface area (Å²) in [6.07, 6.45) is -2.03. The van der Waals surface area contributed by atoms with E-state index < -0.39 is 11.9 Å². The van der Waals surface area contributed by atoms with E-state index in [4.69, 9.17) is 11.6 Å². The molecular formula is C22H21ClF3N7O. The Labute approximate surface area is 198 Å². The lowest BCUT2D eigenvalue weighted by atomic mass is 10.1. The summed E-state index contributed by atoms with van der Waals surface area (Å²) in [5.41, 5.74) is -0.429. The van der Waals surface area contributed by atoms with Crippen molar-refractivity contribution in [1.82, 2.24) is 24.8 Å². The molecule has 0 spiro atoms. The summed E-state index contributed by atoms with van der Waals surface area (Å²) >= 11 is 6.02. The monoisotopic (exact) mass is 491 g/mol. The van der Waals surface area contributed by atoms with Gasteiger partial charge in [0.1, 0.15) is 28.2 Å². The number of carbonyl (C=O) groups is 1. The fourth-order valence-electron chi connectivity index (χ4n) is 3.59. The van der Waals surface area contributed by atoms with Crippen LogP contribution in [0, 0.1) is 0 Å². The van der Waals surface area contributed by atoms with Crippen LogP contribution in [0.2, 0.25) is 5.15 Å². The Balaban J connectivity index is 1.62. The van der Waals surface area contributed by atoms with Gasteiger partial charge in [-0.2, -0.15) is 13.2 Å². The van der Waals surface area contributed by atoms with E-state index >= 15 is 0 Å². The number of pyridine rings is 2. The first-order valence-electron chi connectivity index (χ1n) is 10.5. The Morgan fingerprint density at radius 2 is 1.82 bits per heavy atom. The lowest BCUT2D eigenvalue weighted by Crippen LogP contribution is -2.41. The zero-order valence-corrected chi connectivity index (χ0v) is 18.9. The normalized spacial score (nSPS) is 14.7. The number of halogens is 4. The fourth-order valence-corrected chi connectivity index (χ4v) is 3.76. The number of nitrogens with zero attached hydrogens (tertiary/aromatic N) is 5. The van der Waals surface area contributed by atoms with Gasteiger partial charge in [-0.05, 0) is 37.1 Å². The molecule has 3 aromatic heterocycles. The Hall–Kier alpha value is -3.47. The molecule has 34 heavy (non-hydrogen) atoms. The van der Waals surface area contributed by atoms with Gasteiger partial charge in [0, 0.05) is 44.0 Å². The number of aromatic nitrogens is 4. The molecule has 0 saturated carbocycles. The molecule has 2 N–H and O–H groups in total. The fraction of sp³-hybridized carbons (Fsp3) is 0.318. The van der Waals surface area contributed by atoms with Crippen LogP contribution in [-0.4, -0.2) is 49.9 Å². The van der Waals surface area contributed by atoms with Crippen LogP contribution in [0.15, 0.2) is 42.6 Å². The Morgan fingerprint density at radius 3 is 2.50 bits per heavy atom. The molecule has 0 unspecified atom stereocenters. The number of carbonyl (C=O) groups excluding carboxylic acids is 1. The predicted octanol–water partition coefficient (Wildman–Crippen LogP) is 4.77. The highest BCUT2D eigenvalue weighted by Gasteiger charge is 2.32. The van der Waals surface area contributed by atoms with Crippen LogP contribution < -0.4 is 10.6 Å². The molecule has 4 rings (SSSR count). The first-order chi connectivity index (χ1) is 16.2. The second kappa shape index (κ2) is 9.80. The minimum absolute atomic E-state index is 0.0388. The molecule has 1 fully saturated rings. The van der Waals surface area contributed by atoms with E-state index in [0.29, 0.717) is 24.6 Å². The summed E-state index contributed by atoms with van der Waals surface area (Å²) in [5, 5.41) is 6.50. The number of alkyl halides is 3. The van der Waals surface area contributed by atoms with Gasteiger partial charge in [-0.15, -0.1) is 0 Å². The Morgan fingerprint density at radius 1 is 1.09 bits per heavy atom. The van der Waals surface area contributed by atoms with Crippen LogP contribution >= 0.6 is 11.6 Å². The topological polar surface area (TPSA) is 95.9 Å². The number of rotatable bonds is 5. The third-order valence-electron chi connectivity index (χ3n) is 5.29. The van der Waals surface area contributed by atoms with E-state index in [2.05, 4.69) is 30.6 Å². The van der Waals surface area contributed by atoms with Crippen molar-refractivity contribution in [1.29, 1.82) is 0 Å². The number of hydrogen-bond acceptors (Lipinski definition) is 7.